The molecule has 0 aromatic carbocycles. The van der Waals surface area contributed by atoms with E-state index in [1.54, 1.807) is 14.2 Å². The molecule has 0 aliphatic heterocycles. The molecule has 0 radical (unpaired) electrons. The van der Waals surface area contributed by atoms with Crippen LogP contribution in [0.4, 0.5) is 0 Å². The van der Waals surface area contributed by atoms with Gasteiger partial charge in [-0.1, -0.05) is 0 Å². The molecule has 0 aromatic rings. The molecule has 0 saturated carbocycles. The monoisotopic (exact) mass is 264 g/mol. The van der Waals surface area contributed by atoms with Crippen LogP contribution in [0.25, 0.3) is 0 Å². The Morgan fingerprint density at radius 1 is 0.941 bits per heavy atom. The highest BCUT2D eigenvalue weighted by molar-refractivity contribution is 6.13. The molecule has 5 heteroatoms. The topological polar surface area (TPSA) is 36.9 Å². The maximum atomic E-state index is 5.92. The van der Waals surface area contributed by atoms with Crippen molar-refractivity contribution in [3.63, 3.8) is 0 Å². The van der Waals surface area contributed by atoms with Crippen molar-refractivity contribution in [2.75, 3.05) is 14.2 Å². The predicted octanol–water partition coefficient (Wildman–Crippen LogP) is 1.25. The lowest BCUT2D eigenvalue weighted by molar-refractivity contribution is -0.226. The minimum atomic E-state index is -0.447. The maximum Gasteiger partial charge on any atom is 0.157 e. The molecule has 0 heterocycles. The van der Waals surface area contributed by atoms with Crippen molar-refractivity contribution in [2.24, 2.45) is 0 Å². The normalized spacial score (nSPS) is 13.2. The molecule has 0 fully saturated rings. The molecule has 0 saturated heterocycles. The first-order valence-electron chi connectivity index (χ1n) is 6.24. The van der Waals surface area contributed by atoms with Gasteiger partial charge in [0, 0.05) is 27.1 Å². The summed E-state index contributed by atoms with van der Waals surface area (Å²) in [5, 5.41) is 0. The predicted molar refractivity (Wildman–Crippen MR) is 72.2 cm³/mol. The van der Waals surface area contributed by atoms with Gasteiger partial charge in [0.05, 0.1) is 22.5 Å². The number of ether oxygens (including phenoxy) is 4. The fraction of sp³-hybridized carbons (Fsp3) is 1.00. The number of hydrogen-bond acceptors (Lipinski definition) is 4. The van der Waals surface area contributed by atoms with Gasteiger partial charge in [-0.2, -0.15) is 0 Å². The molecule has 0 atom stereocenters. The Morgan fingerprint density at radius 2 is 1.35 bits per heavy atom. The second kappa shape index (κ2) is 8.21. The van der Waals surface area contributed by atoms with E-state index in [1.165, 1.54) is 0 Å². The Kier molecular flexibility index (Phi) is 8.24. The molecule has 0 spiro atoms. The Bertz CT molecular complexity index is 183. The van der Waals surface area contributed by atoms with Crippen molar-refractivity contribution < 1.29 is 18.9 Å². The highest BCUT2D eigenvalue weighted by Gasteiger charge is 2.29. The quantitative estimate of drug-likeness (QED) is 0.464. The van der Waals surface area contributed by atoms with E-state index in [0.717, 1.165) is 23.1 Å². The summed E-state index contributed by atoms with van der Waals surface area (Å²) in [6.45, 7) is 8.11. The van der Waals surface area contributed by atoms with Crippen LogP contribution in [0.3, 0.4) is 0 Å². The lowest BCUT2D eigenvalue weighted by Crippen LogP contribution is -2.41. The summed E-state index contributed by atoms with van der Waals surface area (Å²) in [6, 6.07) is 0. The molecule has 0 bridgehead atoms. The first kappa shape index (κ1) is 17.1. The van der Waals surface area contributed by atoms with Crippen molar-refractivity contribution in [3.8, 4) is 0 Å². The van der Waals surface area contributed by atoms with Gasteiger partial charge >= 0.3 is 0 Å². The minimum absolute atomic E-state index is 0.162. The van der Waals surface area contributed by atoms with E-state index in [1.807, 2.05) is 27.7 Å². The number of rotatable bonds is 9. The first-order chi connectivity index (χ1) is 7.83. The van der Waals surface area contributed by atoms with E-state index in [4.69, 9.17) is 18.9 Å². The van der Waals surface area contributed by atoms with Gasteiger partial charge in [0.1, 0.15) is 5.41 Å². The van der Waals surface area contributed by atoms with Crippen LogP contribution in [0.15, 0.2) is 0 Å². The Morgan fingerprint density at radius 3 is 1.65 bits per heavy atom. The second-order valence-corrected chi connectivity index (χ2v) is 6.43. The van der Waals surface area contributed by atoms with Gasteiger partial charge < -0.3 is 18.9 Å². The molecule has 0 N–H and O–H groups in total. The standard InChI is InChI=1S/C12H28O4Si/c1-9(2)15-12(17,16-10(3)4)8-7-11(13-5)14-6/h9-11H,7-8H2,1-6,17H3. The SMILES string of the molecule is COC(CCC([SiH3])(OC(C)C)OC(C)C)OC. The molecule has 0 aromatic heterocycles. The van der Waals surface area contributed by atoms with Crippen LogP contribution in [0.1, 0.15) is 40.5 Å². The average Bonchev–Trinajstić information content (AvgIpc) is 2.16. The fourth-order valence-corrected chi connectivity index (χ4v) is 3.09. The van der Waals surface area contributed by atoms with Gasteiger partial charge in [0.25, 0.3) is 0 Å². The number of hydrogen-bond donors (Lipinski definition) is 0. The molecule has 17 heavy (non-hydrogen) atoms. The van der Waals surface area contributed by atoms with Gasteiger partial charge in [0.15, 0.2) is 6.29 Å². The summed E-state index contributed by atoms with van der Waals surface area (Å²) in [5.41, 5.74) is -0.447. The summed E-state index contributed by atoms with van der Waals surface area (Å²) in [6.07, 6.45) is 1.71. The maximum absolute atomic E-state index is 5.92. The van der Waals surface area contributed by atoms with Gasteiger partial charge in [-0.05, 0) is 27.7 Å². The Labute approximate surface area is 108 Å². The third-order valence-electron chi connectivity index (χ3n) is 2.33. The second-order valence-electron chi connectivity index (χ2n) is 4.91. The highest BCUT2D eigenvalue weighted by Crippen LogP contribution is 2.22. The summed E-state index contributed by atoms with van der Waals surface area (Å²) >= 11 is 0. The summed E-state index contributed by atoms with van der Waals surface area (Å²) in [4.78, 5) is 0. The summed E-state index contributed by atoms with van der Waals surface area (Å²) in [7, 11) is 4.12. The Hall–Kier alpha value is 0.0569. The Balaban J connectivity index is 4.36. The van der Waals surface area contributed by atoms with Gasteiger partial charge in [-0.25, -0.2) is 0 Å². The molecule has 0 aliphatic carbocycles. The third-order valence-corrected chi connectivity index (χ3v) is 3.30. The molecule has 104 valence electrons. The van der Waals surface area contributed by atoms with Crippen LogP contribution in [0, 0.1) is 0 Å². The zero-order chi connectivity index (χ0) is 13.5. The third kappa shape index (κ3) is 7.89. The van der Waals surface area contributed by atoms with E-state index >= 15 is 0 Å². The van der Waals surface area contributed by atoms with Crippen LogP contribution in [0.5, 0.6) is 0 Å². The molecule has 0 amide bonds. The lowest BCUT2D eigenvalue weighted by Gasteiger charge is -2.35. The molecular weight excluding hydrogens is 236 g/mol. The highest BCUT2D eigenvalue weighted by atomic mass is 28.1. The largest absolute Gasteiger partial charge is 0.356 e. The van der Waals surface area contributed by atoms with Crippen molar-refractivity contribution in [2.45, 2.75) is 64.4 Å². The van der Waals surface area contributed by atoms with Crippen molar-refractivity contribution >= 4 is 10.2 Å². The van der Waals surface area contributed by atoms with E-state index in [2.05, 4.69) is 0 Å². The van der Waals surface area contributed by atoms with Crippen LogP contribution in [-0.2, 0) is 18.9 Å². The fourth-order valence-electron chi connectivity index (χ4n) is 1.85. The molecule has 0 rings (SSSR count). The van der Waals surface area contributed by atoms with Crippen molar-refractivity contribution in [3.05, 3.63) is 0 Å². The molecular formula is C12H28O4Si. The zero-order valence-electron chi connectivity index (χ0n) is 12.3. The van der Waals surface area contributed by atoms with Gasteiger partial charge in [-0.15, -0.1) is 0 Å². The lowest BCUT2D eigenvalue weighted by atomic mass is 10.2. The van der Waals surface area contributed by atoms with E-state index < -0.39 is 5.41 Å². The van der Waals surface area contributed by atoms with Crippen LogP contribution < -0.4 is 0 Å². The molecule has 0 aliphatic rings. The van der Waals surface area contributed by atoms with Gasteiger partial charge in [0.2, 0.25) is 0 Å². The smallest absolute Gasteiger partial charge is 0.157 e. The first-order valence-corrected chi connectivity index (χ1v) is 7.24. The minimum Gasteiger partial charge on any atom is -0.356 e. The average molecular weight is 264 g/mol. The van der Waals surface area contributed by atoms with E-state index in [0.29, 0.717) is 0 Å². The van der Waals surface area contributed by atoms with Crippen LogP contribution >= 0.6 is 0 Å². The van der Waals surface area contributed by atoms with E-state index in [-0.39, 0.29) is 18.5 Å². The van der Waals surface area contributed by atoms with E-state index in [9.17, 15) is 0 Å². The molecule has 4 nitrogen and oxygen atoms in total. The van der Waals surface area contributed by atoms with Crippen molar-refractivity contribution in [1.82, 2.24) is 0 Å². The van der Waals surface area contributed by atoms with Gasteiger partial charge in [-0.3, -0.25) is 0 Å². The summed E-state index contributed by atoms with van der Waals surface area (Å²) < 4.78 is 22.2. The number of methoxy groups -OCH3 is 2. The summed E-state index contributed by atoms with van der Waals surface area (Å²) in [5.74, 6) is 0. The molecule has 0 unspecified atom stereocenters. The zero-order valence-corrected chi connectivity index (χ0v) is 14.3. The van der Waals surface area contributed by atoms with Crippen molar-refractivity contribution in [1.29, 1.82) is 0 Å². The van der Waals surface area contributed by atoms with Crippen LogP contribution in [0.2, 0.25) is 0 Å². The van der Waals surface area contributed by atoms with Crippen LogP contribution in [-0.4, -0.2) is 48.4 Å².